The molecule has 3 aromatic rings. The Morgan fingerprint density at radius 1 is 0.943 bits per heavy atom. The average molecular weight is 478 g/mol. The third-order valence-electron chi connectivity index (χ3n) is 8.08. The van der Waals surface area contributed by atoms with Crippen LogP contribution < -0.4 is 10.2 Å². The molecule has 1 aliphatic carbocycles. The summed E-state index contributed by atoms with van der Waals surface area (Å²) in [4.78, 5) is 19.6. The van der Waals surface area contributed by atoms with E-state index in [9.17, 15) is 13.6 Å². The Bertz CT molecular complexity index is 1170. The summed E-state index contributed by atoms with van der Waals surface area (Å²) in [6.45, 7) is 3.75. The Hall–Kier alpha value is -3.02. The Morgan fingerprint density at radius 2 is 1.63 bits per heavy atom. The second kappa shape index (κ2) is 10.3. The van der Waals surface area contributed by atoms with E-state index in [0.717, 1.165) is 68.2 Å². The van der Waals surface area contributed by atoms with E-state index in [1.54, 1.807) is 24.3 Å². The number of piperidine rings is 1. The second-order valence-electron chi connectivity index (χ2n) is 10.2. The highest BCUT2D eigenvalue weighted by atomic mass is 19.1. The summed E-state index contributed by atoms with van der Waals surface area (Å²) in [5.41, 5.74) is 3.05. The lowest BCUT2D eigenvalue weighted by Crippen LogP contribution is -2.45. The first kappa shape index (κ1) is 23.7. The monoisotopic (exact) mass is 477 g/mol. The van der Waals surface area contributed by atoms with Gasteiger partial charge in [0.05, 0.1) is 5.52 Å². The predicted octanol–water partition coefficient (Wildman–Crippen LogP) is 6.21. The third kappa shape index (κ3) is 5.31. The van der Waals surface area contributed by atoms with Gasteiger partial charge in [-0.2, -0.15) is 0 Å². The zero-order valence-corrected chi connectivity index (χ0v) is 20.2. The van der Waals surface area contributed by atoms with E-state index in [4.69, 9.17) is 0 Å². The van der Waals surface area contributed by atoms with Crippen molar-refractivity contribution in [3.05, 3.63) is 71.9 Å². The number of carbonyl (C=O) groups excluding carboxylic acids is 1. The smallest absolute Gasteiger partial charge is 0.223 e. The molecule has 1 aliphatic heterocycles. The highest BCUT2D eigenvalue weighted by molar-refractivity contribution is 5.82. The van der Waals surface area contributed by atoms with Crippen molar-refractivity contribution in [3.63, 3.8) is 0 Å². The van der Waals surface area contributed by atoms with Crippen LogP contribution in [0.3, 0.4) is 0 Å². The maximum atomic E-state index is 13.9. The molecule has 1 atom stereocenters. The highest BCUT2D eigenvalue weighted by Gasteiger charge is 2.30. The summed E-state index contributed by atoms with van der Waals surface area (Å²) >= 11 is 0. The third-order valence-corrected chi connectivity index (χ3v) is 8.08. The fraction of sp³-hybridized carbons (Fsp3) is 0.448. The van der Waals surface area contributed by atoms with Crippen LogP contribution >= 0.6 is 0 Å². The zero-order chi connectivity index (χ0) is 24.4. The van der Waals surface area contributed by atoms with Gasteiger partial charge in [0.25, 0.3) is 0 Å². The second-order valence-corrected chi connectivity index (χ2v) is 10.2. The van der Waals surface area contributed by atoms with Crippen LogP contribution in [0.15, 0.2) is 54.7 Å². The number of nitrogens with one attached hydrogen (secondary N) is 1. The van der Waals surface area contributed by atoms with Gasteiger partial charge in [0, 0.05) is 42.3 Å². The lowest BCUT2D eigenvalue weighted by atomic mass is 9.75. The van der Waals surface area contributed by atoms with E-state index < -0.39 is 0 Å². The molecule has 1 saturated carbocycles. The number of aromatic nitrogens is 1. The minimum Gasteiger partial charge on any atom is -0.371 e. The van der Waals surface area contributed by atoms with Crippen molar-refractivity contribution in [2.45, 2.75) is 57.4 Å². The van der Waals surface area contributed by atoms with Crippen molar-refractivity contribution in [2.75, 3.05) is 18.0 Å². The molecular formula is C29H33F2N3O. The SMILES string of the molecule is CC(NC(=O)C1CCN(c2ccc(F)cc2)CC1)C1CCC(c2ccnc3ccc(F)cc23)CC1. The Kier molecular flexibility index (Phi) is 6.98. The molecule has 5 rings (SSSR count). The molecule has 0 bridgehead atoms. The van der Waals surface area contributed by atoms with Crippen molar-refractivity contribution in [1.82, 2.24) is 10.3 Å². The minimum atomic E-state index is -0.228. The molecule has 2 heterocycles. The Balaban J connectivity index is 1.12. The molecule has 2 aliphatic rings. The molecule has 4 nitrogen and oxygen atoms in total. The molecular weight excluding hydrogens is 444 g/mol. The Morgan fingerprint density at radius 3 is 2.34 bits per heavy atom. The maximum Gasteiger partial charge on any atom is 0.223 e. The fourth-order valence-electron chi connectivity index (χ4n) is 5.94. The van der Waals surface area contributed by atoms with Crippen molar-refractivity contribution in [1.29, 1.82) is 0 Å². The average Bonchev–Trinajstić information content (AvgIpc) is 2.89. The Labute approximate surface area is 205 Å². The van der Waals surface area contributed by atoms with E-state index in [1.165, 1.54) is 23.8 Å². The molecule has 1 amide bonds. The van der Waals surface area contributed by atoms with Crippen LogP contribution in [0.2, 0.25) is 0 Å². The molecule has 35 heavy (non-hydrogen) atoms. The minimum absolute atomic E-state index is 0.0311. The van der Waals surface area contributed by atoms with Crippen LogP contribution in [0.5, 0.6) is 0 Å². The first-order valence-electron chi connectivity index (χ1n) is 12.8. The standard InChI is InChI=1S/C29H33F2N3O/c1-19(33-29(35)22-13-16-34(17-14-22)25-9-6-23(30)7-10-25)20-2-4-21(5-3-20)26-12-15-32-28-11-8-24(31)18-27(26)28/h6-12,15,18-22H,2-5,13-14,16-17H2,1H3,(H,33,35). The molecule has 1 N–H and O–H groups in total. The number of carbonyl (C=O) groups is 1. The van der Waals surface area contributed by atoms with Crippen molar-refractivity contribution < 1.29 is 13.6 Å². The highest BCUT2D eigenvalue weighted by Crippen LogP contribution is 2.39. The van der Waals surface area contributed by atoms with Gasteiger partial charge < -0.3 is 10.2 Å². The summed E-state index contributed by atoms with van der Waals surface area (Å²) in [6, 6.07) is 13.6. The van der Waals surface area contributed by atoms with Gasteiger partial charge in [0.15, 0.2) is 0 Å². The van der Waals surface area contributed by atoms with E-state index in [1.807, 2.05) is 12.3 Å². The number of pyridine rings is 1. The van der Waals surface area contributed by atoms with Gasteiger partial charge in [-0.3, -0.25) is 9.78 Å². The molecule has 2 aromatic carbocycles. The number of fused-ring (bicyclic) bond motifs is 1. The van der Waals surface area contributed by atoms with Crippen LogP contribution in [0.4, 0.5) is 14.5 Å². The molecule has 184 valence electrons. The number of hydrogen-bond donors (Lipinski definition) is 1. The van der Waals surface area contributed by atoms with Gasteiger partial charge in [-0.1, -0.05) is 0 Å². The lowest BCUT2D eigenvalue weighted by Gasteiger charge is -2.36. The van der Waals surface area contributed by atoms with Gasteiger partial charge in [-0.05, 0) is 111 Å². The number of amides is 1. The van der Waals surface area contributed by atoms with E-state index in [0.29, 0.717) is 11.8 Å². The van der Waals surface area contributed by atoms with Gasteiger partial charge in [0.2, 0.25) is 5.91 Å². The summed E-state index contributed by atoms with van der Waals surface area (Å²) < 4.78 is 27.1. The van der Waals surface area contributed by atoms with Crippen LogP contribution in [-0.2, 0) is 4.79 Å². The predicted molar refractivity (Wildman–Crippen MR) is 135 cm³/mol. The number of rotatable bonds is 5. The zero-order valence-electron chi connectivity index (χ0n) is 20.2. The molecule has 1 saturated heterocycles. The van der Waals surface area contributed by atoms with Gasteiger partial charge in [0.1, 0.15) is 11.6 Å². The summed E-state index contributed by atoms with van der Waals surface area (Å²) in [5, 5.41) is 4.23. The molecule has 2 fully saturated rings. The normalized spacial score (nSPS) is 22.2. The van der Waals surface area contributed by atoms with E-state index in [-0.39, 0.29) is 29.5 Å². The van der Waals surface area contributed by atoms with Gasteiger partial charge in [-0.15, -0.1) is 0 Å². The van der Waals surface area contributed by atoms with Gasteiger partial charge in [-0.25, -0.2) is 8.78 Å². The first-order valence-corrected chi connectivity index (χ1v) is 12.8. The van der Waals surface area contributed by atoms with Crippen LogP contribution in [0.1, 0.15) is 56.9 Å². The number of anilines is 1. The van der Waals surface area contributed by atoms with Crippen LogP contribution in [0, 0.1) is 23.5 Å². The quantitative estimate of drug-likeness (QED) is 0.475. The topological polar surface area (TPSA) is 45.2 Å². The maximum absolute atomic E-state index is 13.9. The largest absolute Gasteiger partial charge is 0.371 e. The number of nitrogens with zero attached hydrogens (tertiary/aromatic N) is 2. The summed E-state index contributed by atoms with van der Waals surface area (Å²) in [7, 11) is 0. The lowest BCUT2D eigenvalue weighted by molar-refractivity contribution is -0.126. The van der Waals surface area contributed by atoms with Crippen molar-refractivity contribution in [3.8, 4) is 0 Å². The summed E-state index contributed by atoms with van der Waals surface area (Å²) in [6.07, 6.45) is 7.63. The van der Waals surface area contributed by atoms with Crippen LogP contribution in [0.25, 0.3) is 10.9 Å². The first-order chi connectivity index (χ1) is 17.0. The van der Waals surface area contributed by atoms with Crippen molar-refractivity contribution >= 4 is 22.5 Å². The molecule has 0 radical (unpaired) electrons. The molecule has 0 spiro atoms. The van der Waals surface area contributed by atoms with E-state index in [2.05, 4.69) is 22.1 Å². The van der Waals surface area contributed by atoms with E-state index >= 15 is 0 Å². The summed E-state index contributed by atoms with van der Waals surface area (Å²) in [5.74, 6) is 0.600. The van der Waals surface area contributed by atoms with Gasteiger partial charge >= 0.3 is 0 Å². The number of halogens is 2. The van der Waals surface area contributed by atoms with Crippen LogP contribution in [-0.4, -0.2) is 30.0 Å². The van der Waals surface area contributed by atoms with Crippen molar-refractivity contribution in [2.24, 2.45) is 11.8 Å². The number of benzene rings is 2. The fourth-order valence-corrected chi connectivity index (χ4v) is 5.94. The number of hydrogen-bond acceptors (Lipinski definition) is 3. The molecule has 6 heteroatoms. The molecule has 1 aromatic heterocycles. The molecule has 1 unspecified atom stereocenters.